The van der Waals surface area contributed by atoms with Crippen molar-refractivity contribution in [3.05, 3.63) is 84.2 Å². The average molecular weight is 415 g/mol. The Morgan fingerprint density at radius 1 is 1.06 bits per heavy atom. The van der Waals surface area contributed by atoms with Gasteiger partial charge >= 0.3 is 0 Å². The average Bonchev–Trinajstić information content (AvgIpc) is 3.17. The molecule has 0 atom stereocenters. The molecule has 2 aromatic heterocycles. The second-order valence-corrected chi connectivity index (χ2v) is 7.55. The van der Waals surface area contributed by atoms with Crippen LogP contribution in [0.5, 0.6) is 5.75 Å². The number of amides is 1. The van der Waals surface area contributed by atoms with Crippen LogP contribution in [-0.4, -0.2) is 52.8 Å². The molecule has 7 nitrogen and oxygen atoms in total. The molecular weight excluding hydrogens is 390 g/mol. The standard InChI is InChI=1S/C24H25N5O2/c1-28(2)12-13-31-22-10-8-21(9-11-22)27-24(30)20-14-19-16-26-29(23(19)25-15-20)17-18-6-4-3-5-7-18/h3-11,14-16H,12-13,17H2,1-2H3,(H,27,30). The maximum absolute atomic E-state index is 12.7. The summed E-state index contributed by atoms with van der Waals surface area (Å²) in [4.78, 5) is 19.2. The van der Waals surface area contributed by atoms with Crippen molar-refractivity contribution >= 4 is 22.6 Å². The number of ether oxygens (including phenoxy) is 1. The molecule has 0 saturated heterocycles. The van der Waals surface area contributed by atoms with Crippen molar-refractivity contribution in [2.75, 3.05) is 32.6 Å². The van der Waals surface area contributed by atoms with Gasteiger partial charge in [0.15, 0.2) is 5.65 Å². The lowest BCUT2D eigenvalue weighted by Gasteiger charge is -2.11. The molecule has 0 saturated carbocycles. The first kappa shape index (κ1) is 20.6. The summed E-state index contributed by atoms with van der Waals surface area (Å²) in [5.41, 5.74) is 3.08. The van der Waals surface area contributed by atoms with Gasteiger partial charge in [0.25, 0.3) is 5.91 Å². The van der Waals surface area contributed by atoms with Gasteiger partial charge in [-0.15, -0.1) is 0 Å². The van der Waals surface area contributed by atoms with Crippen molar-refractivity contribution in [1.82, 2.24) is 19.7 Å². The van der Waals surface area contributed by atoms with Gasteiger partial charge in [0.05, 0.1) is 18.3 Å². The third kappa shape index (κ3) is 5.26. The number of carbonyl (C=O) groups is 1. The maximum atomic E-state index is 12.7. The molecule has 158 valence electrons. The van der Waals surface area contributed by atoms with Crippen LogP contribution in [0.25, 0.3) is 11.0 Å². The lowest BCUT2D eigenvalue weighted by molar-refractivity contribution is 0.102. The van der Waals surface area contributed by atoms with Crippen LogP contribution in [0.1, 0.15) is 15.9 Å². The van der Waals surface area contributed by atoms with Crippen molar-refractivity contribution < 1.29 is 9.53 Å². The summed E-state index contributed by atoms with van der Waals surface area (Å²) in [5.74, 6) is 0.556. The molecule has 0 aliphatic carbocycles. The number of carbonyl (C=O) groups excluding carboxylic acids is 1. The highest BCUT2D eigenvalue weighted by Crippen LogP contribution is 2.18. The molecule has 0 fully saturated rings. The molecule has 4 rings (SSSR count). The van der Waals surface area contributed by atoms with Crippen LogP contribution < -0.4 is 10.1 Å². The molecule has 2 aromatic carbocycles. The van der Waals surface area contributed by atoms with E-state index in [1.807, 2.05) is 79.4 Å². The highest BCUT2D eigenvalue weighted by molar-refractivity contribution is 6.05. The first-order valence-electron chi connectivity index (χ1n) is 10.1. The molecular formula is C24H25N5O2. The molecule has 1 N–H and O–H groups in total. The Kier molecular flexibility index (Phi) is 6.24. The minimum absolute atomic E-state index is 0.216. The monoisotopic (exact) mass is 415 g/mol. The molecule has 1 amide bonds. The van der Waals surface area contributed by atoms with Gasteiger partial charge in [0.2, 0.25) is 0 Å². The molecule has 0 bridgehead atoms. The maximum Gasteiger partial charge on any atom is 0.257 e. The van der Waals surface area contributed by atoms with Crippen molar-refractivity contribution in [2.24, 2.45) is 0 Å². The van der Waals surface area contributed by atoms with E-state index in [2.05, 4.69) is 20.3 Å². The van der Waals surface area contributed by atoms with E-state index in [9.17, 15) is 4.79 Å². The number of aromatic nitrogens is 3. The van der Waals surface area contributed by atoms with Crippen LogP contribution >= 0.6 is 0 Å². The van der Waals surface area contributed by atoms with Crippen LogP contribution in [0.2, 0.25) is 0 Å². The number of likely N-dealkylation sites (N-methyl/N-ethyl adjacent to an activating group) is 1. The van der Waals surface area contributed by atoms with Gasteiger partial charge in [-0.3, -0.25) is 4.79 Å². The van der Waals surface area contributed by atoms with Crippen LogP contribution in [0, 0.1) is 0 Å². The largest absolute Gasteiger partial charge is 0.492 e. The van der Waals surface area contributed by atoms with Crippen molar-refractivity contribution in [2.45, 2.75) is 6.54 Å². The molecule has 0 aliphatic heterocycles. The van der Waals surface area contributed by atoms with Crippen LogP contribution in [0.15, 0.2) is 73.1 Å². The number of fused-ring (bicyclic) bond motifs is 1. The molecule has 31 heavy (non-hydrogen) atoms. The van der Waals surface area contributed by atoms with Gasteiger partial charge < -0.3 is 15.0 Å². The molecule has 7 heteroatoms. The third-order valence-electron chi connectivity index (χ3n) is 4.83. The molecule has 0 unspecified atom stereocenters. The van der Waals surface area contributed by atoms with E-state index in [0.29, 0.717) is 24.4 Å². The predicted molar refractivity (Wildman–Crippen MR) is 122 cm³/mol. The highest BCUT2D eigenvalue weighted by Gasteiger charge is 2.11. The Hall–Kier alpha value is -3.71. The van der Waals surface area contributed by atoms with E-state index in [0.717, 1.165) is 28.9 Å². The summed E-state index contributed by atoms with van der Waals surface area (Å²) in [6.45, 7) is 2.09. The first-order valence-corrected chi connectivity index (χ1v) is 10.1. The smallest absolute Gasteiger partial charge is 0.257 e. The van der Waals surface area contributed by atoms with Gasteiger partial charge in [0, 0.05) is 23.8 Å². The first-order chi connectivity index (χ1) is 15.1. The van der Waals surface area contributed by atoms with Crippen LogP contribution in [-0.2, 0) is 6.54 Å². The fraction of sp³-hybridized carbons (Fsp3) is 0.208. The zero-order chi connectivity index (χ0) is 21.6. The van der Waals surface area contributed by atoms with E-state index >= 15 is 0 Å². The Balaban J connectivity index is 1.41. The minimum Gasteiger partial charge on any atom is -0.492 e. The van der Waals surface area contributed by atoms with E-state index in [-0.39, 0.29) is 5.91 Å². The Bertz CT molecular complexity index is 1150. The van der Waals surface area contributed by atoms with Gasteiger partial charge in [-0.2, -0.15) is 5.10 Å². The van der Waals surface area contributed by atoms with Crippen LogP contribution in [0.3, 0.4) is 0 Å². The van der Waals surface area contributed by atoms with E-state index in [1.165, 1.54) is 0 Å². The molecule has 0 radical (unpaired) electrons. The second kappa shape index (κ2) is 9.40. The van der Waals surface area contributed by atoms with E-state index < -0.39 is 0 Å². The fourth-order valence-electron chi connectivity index (χ4n) is 3.15. The SMILES string of the molecule is CN(C)CCOc1ccc(NC(=O)c2cnc3c(cnn3Cc3ccccc3)c2)cc1. The van der Waals surface area contributed by atoms with E-state index in [1.54, 1.807) is 12.4 Å². The van der Waals surface area contributed by atoms with Crippen LogP contribution in [0.4, 0.5) is 5.69 Å². The number of hydrogen-bond acceptors (Lipinski definition) is 5. The van der Waals surface area contributed by atoms with Gasteiger partial charge in [-0.05, 0) is 50.0 Å². The van der Waals surface area contributed by atoms with Gasteiger partial charge in [0.1, 0.15) is 12.4 Å². The number of anilines is 1. The number of rotatable bonds is 8. The lowest BCUT2D eigenvalue weighted by atomic mass is 10.2. The molecule has 0 aliphatic rings. The van der Waals surface area contributed by atoms with Crippen molar-refractivity contribution in [3.8, 4) is 5.75 Å². The highest BCUT2D eigenvalue weighted by atomic mass is 16.5. The Morgan fingerprint density at radius 3 is 2.58 bits per heavy atom. The number of pyridine rings is 1. The summed E-state index contributed by atoms with van der Waals surface area (Å²) < 4.78 is 7.52. The van der Waals surface area contributed by atoms with Gasteiger partial charge in [-0.1, -0.05) is 30.3 Å². The van der Waals surface area contributed by atoms with Crippen molar-refractivity contribution in [3.63, 3.8) is 0 Å². The summed E-state index contributed by atoms with van der Waals surface area (Å²) in [6.07, 6.45) is 3.32. The fourth-order valence-corrected chi connectivity index (χ4v) is 3.15. The summed E-state index contributed by atoms with van der Waals surface area (Å²) >= 11 is 0. The normalized spacial score (nSPS) is 11.1. The van der Waals surface area contributed by atoms with Crippen molar-refractivity contribution in [1.29, 1.82) is 0 Å². The molecule has 2 heterocycles. The Morgan fingerprint density at radius 2 is 1.84 bits per heavy atom. The zero-order valence-corrected chi connectivity index (χ0v) is 17.7. The van der Waals surface area contributed by atoms with E-state index in [4.69, 9.17) is 4.74 Å². The Labute approximate surface area is 181 Å². The number of benzene rings is 2. The minimum atomic E-state index is -0.216. The van der Waals surface area contributed by atoms with Gasteiger partial charge in [-0.25, -0.2) is 9.67 Å². The third-order valence-corrected chi connectivity index (χ3v) is 4.83. The topological polar surface area (TPSA) is 72.3 Å². The predicted octanol–water partition coefficient (Wildman–Crippen LogP) is 3.67. The molecule has 4 aromatic rings. The molecule has 0 spiro atoms. The number of hydrogen-bond donors (Lipinski definition) is 1. The second-order valence-electron chi connectivity index (χ2n) is 7.55. The number of nitrogens with zero attached hydrogens (tertiary/aromatic N) is 4. The number of nitrogens with one attached hydrogen (secondary N) is 1. The summed E-state index contributed by atoms with van der Waals surface area (Å²) in [5, 5.41) is 8.15. The summed E-state index contributed by atoms with van der Waals surface area (Å²) in [6, 6.07) is 19.2. The quantitative estimate of drug-likeness (QED) is 0.475. The summed E-state index contributed by atoms with van der Waals surface area (Å²) in [7, 11) is 4.00. The lowest BCUT2D eigenvalue weighted by Crippen LogP contribution is -2.19. The zero-order valence-electron chi connectivity index (χ0n) is 17.7.